The average Bonchev–Trinajstić information content (AvgIpc) is 3.72. The Morgan fingerprint density at radius 1 is 0.900 bits per heavy atom. The van der Waals surface area contributed by atoms with Crippen LogP contribution in [0.2, 0.25) is 0 Å². The fraction of sp³-hybridized carbons (Fsp3) is 0.324. The fourth-order valence-electron chi connectivity index (χ4n) is 9.06. The number of likely N-dealkylation sites (N-methyl/N-ethyl adjacent to an activating group) is 1. The predicted molar refractivity (Wildman–Crippen MR) is 177 cm³/mol. The van der Waals surface area contributed by atoms with Gasteiger partial charge in [0.2, 0.25) is 19.4 Å². The van der Waals surface area contributed by atoms with Crippen molar-refractivity contribution in [3.63, 3.8) is 0 Å². The molecular formula is C37H34N2O11. The van der Waals surface area contributed by atoms with Crippen LogP contribution in [0.1, 0.15) is 31.4 Å². The van der Waals surface area contributed by atoms with Gasteiger partial charge in [-0.1, -0.05) is 32.0 Å². The number of rotatable bonds is 4. The number of aromatic hydroxyl groups is 1. The fourth-order valence-corrected chi connectivity index (χ4v) is 9.06. The number of aliphatic hydroxyl groups excluding tert-OH is 2. The summed E-state index contributed by atoms with van der Waals surface area (Å²) >= 11 is 0. The van der Waals surface area contributed by atoms with E-state index < -0.39 is 57.0 Å². The van der Waals surface area contributed by atoms with Crippen LogP contribution < -0.4 is 24.7 Å². The first-order chi connectivity index (χ1) is 23.6. The number of phenolic OH excluding ortho intramolecular Hbond substituents is 1. The van der Waals surface area contributed by atoms with E-state index in [2.05, 4.69) is 0 Å². The molecule has 258 valence electrons. The highest BCUT2D eigenvalue weighted by Crippen LogP contribution is 2.64. The minimum Gasteiger partial charge on any atom is -0.508 e. The summed E-state index contributed by atoms with van der Waals surface area (Å²) in [6.07, 6.45) is -0.0447. The zero-order valence-electron chi connectivity index (χ0n) is 27.6. The van der Waals surface area contributed by atoms with Gasteiger partial charge in [0.25, 0.3) is 5.91 Å². The smallest absolute Gasteiger partial charge is 0.255 e. The monoisotopic (exact) mass is 682 g/mol. The van der Waals surface area contributed by atoms with Gasteiger partial charge in [-0.2, -0.15) is 0 Å². The van der Waals surface area contributed by atoms with Crippen molar-refractivity contribution in [2.24, 2.45) is 16.6 Å². The quantitative estimate of drug-likeness (QED) is 0.251. The Balaban J connectivity index is 1.43. The van der Waals surface area contributed by atoms with Crippen molar-refractivity contribution in [1.82, 2.24) is 4.90 Å². The third-order valence-corrected chi connectivity index (χ3v) is 11.0. The number of ketones is 2. The molecule has 50 heavy (non-hydrogen) atoms. The third-order valence-electron chi connectivity index (χ3n) is 11.0. The molecule has 6 N–H and O–H groups in total. The van der Waals surface area contributed by atoms with Crippen LogP contribution in [-0.4, -0.2) is 82.1 Å². The van der Waals surface area contributed by atoms with Crippen LogP contribution in [0.5, 0.6) is 28.7 Å². The zero-order valence-corrected chi connectivity index (χ0v) is 27.6. The number of hydrogen-bond donors (Lipinski definition) is 5. The van der Waals surface area contributed by atoms with Gasteiger partial charge < -0.3 is 45.1 Å². The minimum absolute atomic E-state index is 0.0344. The van der Waals surface area contributed by atoms with Gasteiger partial charge in [-0.3, -0.25) is 19.3 Å². The molecule has 0 radical (unpaired) electrons. The normalized spacial score (nSPS) is 27.8. The highest BCUT2D eigenvalue weighted by molar-refractivity contribution is 6.25. The van der Waals surface area contributed by atoms with Crippen molar-refractivity contribution in [3.8, 4) is 51.0 Å². The molecule has 0 bridgehead atoms. The van der Waals surface area contributed by atoms with Gasteiger partial charge in [0.15, 0.2) is 34.4 Å². The molecule has 0 aromatic heterocycles. The van der Waals surface area contributed by atoms with Gasteiger partial charge >= 0.3 is 0 Å². The molecule has 2 heterocycles. The number of aliphatic hydroxyl groups is 3. The number of para-hydroxylation sites is 1. The number of hydrogen-bond acceptors (Lipinski definition) is 12. The van der Waals surface area contributed by atoms with Gasteiger partial charge in [0, 0.05) is 27.5 Å². The van der Waals surface area contributed by atoms with Crippen molar-refractivity contribution in [2.45, 2.75) is 38.3 Å². The maximum Gasteiger partial charge on any atom is 0.255 e. The van der Waals surface area contributed by atoms with E-state index in [-0.39, 0.29) is 48.9 Å². The van der Waals surface area contributed by atoms with Crippen molar-refractivity contribution in [3.05, 3.63) is 70.5 Å². The summed E-state index contributed by atoms with van der Waals surface area (Å²) in [7, 11) is 3.13. The Morgan fingerprint density at radius 2 is 1.60 bits per heavy atom. The molecule has 0 unspecified atom stereocenters. The van der Waals surface area contributed by atoms with Gasteiger partial charge in [0.05, 0.1) is 11.6 Å². The summed E-state index contributed by atoms with van der Waals surface area (Å²) < 4.78 is 22.6. The molecule has 1 amide bonds. The summed E-state index contributed by atoms with van der Waals surface area (Å²) in [6.45, 7) is 3.25. The molecular weight excluding hydrogens is 648 g/mol. The van der Waals surface area contributed by atoms with E-state index in [0.717, 1.165) is 0 Å². The van der Waals surface area contributed by atoms with Crippen LogP contribution >= 0.6 is 0 Å². The Kier molecular flexibility index (Phi) is 6.50. The number of primary amides is 1. The highest BCUT2D eigenvalue weighted by atomic mass is 16.7. The van der Waals surface area contributed by atoms with E-state index in [1.807, 2.05) is 6.07 Å². The number of benzene rings is 3. The zero-order chi connectivity index (χ0) is 35.7. The first-order valence-electron chi connectivity index (χ1n) is 16.0. The lowest BCUT2D eigenvalue weighted by atomic mass is 9.46. The second-order valence-corrected chi connectivity index (χ2v) is 14.2. The van der Waals surface area contributed by atoms with E-state index >= 15 is 0 Å². The van der Waals surface area contributed by atoms with Crippen LogP contribution in [0.3, 0.4) is 0 Å². The van der Waals surface area contributed by atoms with E-state index in [0.29, 0.717) is 45.3 Å². The SMILES string of the molecule is CN(C)[C@@H]1C(=O)C(C(N)=O)=C(O)[C@@]2(O)C(=O)C3=C(O)c4c(O)c(-c5cccc6c5OCO6)cc(-c5ccc6c(c5)OCO6)c4C[C@@]3(C)C[C@@]12C. The van der Waals surface area contributed by atoms with Crippen LogP contribution in [-0.2, 0) is 20.8 Å². The summed E-state index contributed by atoms with van der Waals surface area (Å²) in [5, 5.41) is 48.1. The first-order valence-corrected chi connectivity index (χ1v) is 16.0. The number of phenols is 1. The summed E-state index contributed by atoms with van der Waals surface area (Å²) in [5.74, 6) is -3.51. The van der Waals surface area contributed by atoms with Crippen LogP contribution in [0, 0.1) is 10.8 Å². The molecule has 13 nitrogen and oxygen atoms in total. The number of Topliss-reactive ketones (excluding diaryl/α,β-unsaturated/α-hetero) is 2. The van der Waals surface area contributed by atoms with Crippen molar-refractivity contribution in [1.29, 1.82) is 0 Å². The molecule has 3 aliphatic carbocycles. The third kappa shape index (κ3) is 3.86. The Morgan fingerprint density at radius 3 is 2.32 bits per heavy atom. The van der Waals surface area contributed by atoms with E-state index in [1.165, 1.54) is 11.8 Å². The number of fused-ring (bicyclic) bond motifs is 5. The van der Waals surface area contributed by atoms with Gasteiger partial charge in [0.1, 0.15) is 22.8 Å². The van der Waals surface area contributed by atoms with Gasteiger partial charge in [-0.05, 0) is 67.9 Å². The predicted octanol–water partition coefficient (Wildman–Crippen LogP) is 3.54. The maximum absolute atomic E-state index is 14.8. The lowest BCUT2D eigenvalue weighted by Gasteiger charge is -2.59. The second-order valence-electron chi connectivity index (χ2n) is 14.2. The molecule has 1 saturated carbocycles. The number of carbonyl (C=O) groups excluding carboxylic acids is 3. The Bertz CT molecular complexity index is 2170. The molecule has 8 rings (SSSR count). The minimum atomic E-state index is -2.83. The molecule has 2 aliphatic heterocycles. The van der Waals surface area contributed by atoms with Crippen LogP contribution in [0.15, 0.2) is 59.4 Å². The molecule has 13 heteroatoms. The maximum atomic E-state index is 14.8. The number of nitrogens with two attached hydrogens (primary N) is 1. The standard InChI is InChI=1S/C37H34N2O11/c1-35-12-20-18(16-8-9-21-23(10-16)49-14-47-21)11-19(17-6-5-7-22-30(17)50-15-48-22)27(40)24(20)28(41)26(35)33(44)37(46)32(43)25(34(38)45)29(42)31(39(3)4)36(37,2)13-35/h5-11,31,40-41,43,46H,12-15H2,1-4H3,(H2,38,45)/t31-,35+,36+,37-/m1/s1. The summed E-state index contributed by atoms with van der Waals surface area (Å²) in [5.41, 5.74) is 0.975. The van der Waals surface area contributed by atoms with Gasteiger partial charge in [-0.25, -0.2) is 0 Å². The lowest BCUT2D eigenvalue weighted by Crippen LogP contribution is -2.72. The Labute approximate surface area is 285 Å². The molecule has 3 aromatic carbocycles. The Hall–Kier alpha value is -5.53. The lowest BCUT2D eigenvalue weighted by molar-refractivity contribution is -0.175. The molecule has 1 fully saturated rings. The topological polar surface area (TPSA) is 198 Å². The van der Waals surface area contributed by atoms with E-state index in [4.69, 9.17) is 24.7 Å². The van der Waals surface area contributed by atoms with Gasteiger partial charge in [-0.15, -0.1) is 0 Å². The van der Waals surface area contributed by atoms with Crippen molar-refractivity contribution < 1.29 is 53.8 Å². The average molecular weight is 683 g/mol. The molecule has 0 spiro atoms. The summed E-state index contributed by atoms with van der Waals surface area (Å²) in [4.78, 5) is 42.6. The molecule has 4 atom stereocenters. The van der Waals surface area contributed by atoms with Crippen molar-refractivity contribution >= 4 is 23.2 Å². The first kappa shape index (κ1) is 31.7. The molecule has 3 aromatic rings. The molecule has 0 saturated heterocycles. The summed E-state index contributed by atoms with van der Waals surface area (Å²) in [6, 6.07) is 11.1. The van der Waals surface area contributed by atoms with E-state index in [1.54, 1.807) is 57.4 Å². The number of carbonyl (C=O) groups is 3. The number of nitrogens with zero attached hydrogens (tertiary/aromatic N) is 1. The van der Waals surface area contributed by atoms with E-state index in [9.17, 15) is 34.8 Å². The number of ether oxygens (including phenoxy) is 4. The largest absolute Gasteiger partial charge is 0.508 e. The highest BCUT2D eigenvalue weighted by Gasteiger charge is 2.72. The number of amides is 1. The second kappa shape index (κ2) is 10.2. The van der Waals surface area contributed by atoms with Crippen LogP contribution in [0.25, 0.3) is 28.0 Å². The van der Waals surface area contributed by atoms with Crippen LogP contribution in [0.4, 0.5) is 0 Å². The molecule has 5 aliphatic rings. The van der Waals surface area contributed by atoms with Crippen molar-refractivity contribution in [2.75, 3.05) is 27.7 Å².